The zero-order valence-corrected chi connectivity index (χ0v) is 22.3. The highest BCUT2D eigenvalue weighted by atomic mass is 32.2. The third kappa shape index (κ3) is 4.84. The summed E-state index contributed by atoms with van der Waals surface area (Å²) in [6.45, 7) is 3.89. The zero-order chi connectivity index (χ0) is 26.5. The van der Waals surface area contributed by atoms with Gasteiger partial charge in [0.05, 0.1) is 26.2 Å². The summed E-state index contributed by atoms with van der Waals surface area (Å²) in [4.78, 5) is 15.6. The van der Waals surface area contributed by atoms with Gasteiger partial charge in [-0.25, -0.2) is 25.8 Å². The molecule has 2 saturated carbocycles. The highest BCUT2D eigenvalue weighted by molar-refractivity contribution is 7.92. The zero-order valence-electron chi connectivity index (χ0n) is 20.7. The van der Waals surface area contributed by atoms with Gasteiger partial charge in [0, 0.05) is 12.2 Å². The number of rotatable bonds is 9. The summed E-state index contributed by atoms with van der Waals surface area (Å²) in [5, 5.41) is 15.3. The lowest BCUT2D eigenvalue weighted by Crippen LogP contribution is -2.25. The molecule has 0 amide bonds. The van der Waals surface area contributed by atoms with Crippen LogP contribution in [-0.4, -0.2) is 47.8 Å². The van der Waals surface area contributed by atoms with Crippen LogP contribution < -0.4 is 5.32 Å². The number of hydrogen-bond donors (Lipinski definition) is 1. The fraction of sp³-hybridized carbons (Fsp3) is 0.480. The van der Waals surface area contributed by atoms with Gasteiger partial charge in [-0.05, 0) is 62.6 Å². The molecule has 1 N–H and O–H groups in total. The second kappa shape index (κ2) is 9.39. The molecule has 3 atom stereocenters. The lowest BCUT2D eigenvalue weighted by atomic mass is 10.00. The fourth-order valence-electron chi connectivity index (χ4n) is 5.44. The van der Waals surface area contributed by atoms with Crippen molar-refractivity contribution in [1.29, 1.82) is 0 Å². The number of pyridine rings is 1. The van der Waals surface area contributed by atoms with Crippen molar-refractivity contribution in [3.05, 3.63) is 58.4 Å². The van der Waals surface area contributed by atoms with E-state index in [0.29, 0.717) is 11.8 Å². The van der Waals surface area contributed by atoms with Crippen molar-refractivity contribution in [2.24, 2.45) is 11.8 Å². The number of sulfone groups is 1. The van der Waals surface area contributed by atoms with E-state index in [0.717, 1.165) is 41.4 Å². The van der Waals surface area contributed by atoms with Gasteiger partial charge in [0.1, 0.15) is 11.9 Å². The second-order valence-corrected chi connectivity index (χ2v) is 14.4. The molecule has 0 bridgehead atoms. The molecule has 2 fully saturated rings. The Bertz CT molecular complexity index is 1560. The number of aryl methyl sites for hydroxylation is 1. The van der Waals surface area contributed by atoms with Crippen LogP contribution in [-0.2, 0) is 19.9 Å². The Hall–Kier alpha value is -2.99. The fourth-order valence-corrected chi connectivity index (χ4v) is 8.80. The highest BCUT2D eigenvalue weighted by Crippen LogP contribution is 2.41. The monoisotopic (exact) mass is 546 g/mol. The number of anilines is 1. The summed E-state index contributed by atoms with van der Waals surface area (Å²) < 4.78 is 52.9. The van der Waals surface area contributed by atoms with E-state index in [2.05, 4.69) is 10.3 Å². The average Bonchev–Trinajstić information content (AvgIpc) is 3.51. The van der Waals surface area contributed by atoms with Crippen LogP contribution >= 0.6 is 0 Å². The van der Waals surface area contributed by atoms with Gasteiger partial charge < -0.3 is 5.32 Å². The van der Waals surface area contributed by atoms with Gasteiger partial charge in [-0.15, -0.1) is 0 Å². The van der Waals surface area contributed by atoms with E-state index < -0.39 is 24.8 Å². The van der Waals surface area contributed by atoms with Crippen molar-refractivity contribution >= 4 is 42.3 Å². The van der Waals surface area contributed by atoms with E-state index in [-0.39, 0.29) is 50.8 Å². The minimum absolute atomic E-state index is 0.0176. The quantitative estimate of drug-likeness (QED) is 0.310. The number of nitro groups is 1. The Labute approximate surface area is 216 Å². The molecule has 2 aliphatic carbocycles. The molecule has 0 radical (unpaired) electrons. The molecule has 10 nitrogen and oxygen atoms in total. The first-order valence-electron chi connectivity index (χ1n) is 12.5. The molecule has 1 unspecified atom stereocenters. The minimum atomic E-state index is -3.97. The predicted molar refractivity (Wildman–Crippen MR) is 141 cm³/mol. The summed E-state index contributed by atoms with van der Waals surface area (Å²) >= 11 is 0. The first-order chi connectivity index (χ1) is 17.5. The number of nitrogens with zero attached hydrogens (tertiary/aromatic N) is 3. The van der Waals surface area contributed by atoms with Gasteiger partial charge in [-0.3, -0.25) is 10.1 Å². The third-order valence-electron chi connectivity index (χ3n) is 7.58. The van der Waals surface area contributed by atoms with Crippen LogP contribution in [0.4, 0.5) is 11.4 Å². The maximum atomic E-state index is 13.3. The van der Waals surface area contributed by atoms with E-state index in [1.54, 1.807) is 12.1 Å². The summed E-state index contributed by atoms with van der Waals surface area (Å²) in [6, 6.07) is 7.78. The number of nitrogens with one attached hydrogen (secondary N) is 1. The summed E-state index contributed by atoms with van der Waals surface area (Å²) in [7, 11) is -7.09. The third-order valence-corrected chi connectivity index (χ3v) is 11.7. The number of aromatic nitrogens is 2. The highest BCUT2D eigenvalue weighted by Gasteiger charge is 2.41. The number of hydrogen-bond acceptors (Lipinski definition) is 8. The molecule has 1 aromatic carbocycles. The van der Waals surface area contributed by atoms with E-state index in [1.165, 1.54) is 24.4 Å². The van der Waals surface area contributed by atoms with Crippen molar-refractivity contribution in [2.75, 3.05) is 11.1 Å². The van der Waals surface area contributed by atoms with Crippen LogP contribution in [0.25, 0.3) is 11.0 Å². The van der Waals surface area contributed by atoms with Gasteiger partial charge in [0.25, 0.3) is 10.0 Å². The molecule has 12 heteroatoms. The standard InChI is InChI=1S/C25H30N4O6S2/c1-3-18-12-17(15-36(32,33)19-8-9-19)13-22(18)27-24-21-10-11-28(25(21)26-14-23(24)29(30)31)37(34,35)20-6-4-16(2)5-7-20/h4-7,10-11,14,17-19,22H,3,8-9,12-13,15H2,1-2H3,(H,26,27)/t17?,18-,22+/m1/s1. The van der Waals surface area contributed by atoms with E-state index >= 15 is 0 Å². The minimum Gasteiger partial charge on any atom is -0.376 e. The maximum Gasteiger partial charge on any atom is 0.311 e. The Morgan fingerprint density at radius 1 is 1.11 bits per heavy atom. The lowest BCUT2D eigenvalue weighted by molar-refractivity contribution is -0.384. The van der Waals surface area contributed by atoms with Crippen molar-refractivity contribution in [2.45, 2.75) is 62.1 Å². The molecule has 3 aromatic rings. The summed E-state index contributed by atoms with van der Waals surface area (Å²) in [5.41, 5.74) is 0.971. The molecule has 2 aliphatic rings. The largest absolute Gasteiger partial charge is 0.376 e. The van der Waals surface area contributed by atoms with Crippen molar-refractivity contribution in [3.8, 4) is 0 Å². The summed E-state index contributed by atoms with van der Waals surface area (Å²) in [5.74, 6) is 0.266. The van der Waals surface area contributed by atoms with Crippen LogP contribution in [0, 0.1) is 28.9 Å². The average molecular weight is 547 g/mol. The smallest absolute Gasteiger partial charge is 0.311 e. The van der Waals surface area contributed by atoms with Crippen LogP contribution in [0.3, 0.4) is 0 Å². The first-order valence-corrected chi connectivity index (χ1v) is 15.6. The SMILES string of the molecule is CC[C@@H]1CC(CS(=O)(=O)C2CC2)C[C@@H]1Nc1c([N+](=O)[O-])cnc2c1ccn2S(=O)(=O)c1ccc(C)cc1. The number of fused-ring (bicyclic) bond motifs is 1. The molecule has 0 aliphatic heterocycles. The predicted octanol–water partition coefficient (Wildman–Crippen LogP) is 4.28. The van der Waals surface area contributed by atoms with Gasteiger partial charge in [0.2, 0.25) is 0 Å². The Balaban J connectivity index is 1.50. The second-order valence-electron chi connectivity index (χ2n) is 10.2. The van der Waals surface area contributed by atoms with Gasteiger partial charge >= 0.3 is 5.69 Å². The summed E-state index contributed by atoms with van der Waals surface area (Å²) in [6.07, 6.45) is 6.01. The van der Waals surface area contributed by atoms with Gasteiger partial charge in [-0.2, -0.15) is 0 Å². The van der Waals surface area contributed by atoms with Crippen LogP contribution in [0.1, 0.15) is 44.6 Å². The van der Waals surface area contributed by atoms with Crippen LogP contribution in [0.5, 0.6) is 0 Å². The molecule has 2 aromatic heterocycles. The Morgan fingerprint density at radius 3 is 2.43 bits per heavy atom. The van der Waals surface area contributed by atoms with Crippen molar-refractivity contribution in [1.82, 2.24) is 8.96 Å². The van der Waals surface area contributed by atoms with Crippen LogP contribution in [0.15, 0.2) is 47.6 Å². The van der Waals surface area contributed by atoms with E-state index in [1.807, 2.05) is 13.8 Å². The van der Waals surface area contributed by atoms with Gasteiger partial charge in [-0.1, -0.05) is 31.0 Å². The number of benzene rings is 1. The molecular weight excluding hydrogens is 516 g/mol. The Morgan fingerprint density at radius 2 is 1.81 bits per heavy atom. The van der Waals surface area contributed by atoms with E-state index in [4.69, 9.17) is 0 Å². The van der Waals surface area contributed by atoms with Crippen molar-refractivity contribution < 1.29 is 21.8 Å². The first kappa shape index (κ1) is 25.7. The molecule has 5 rings (SSSR count). The molecule has 2 heterocycles. The lowest BCUT2D eigenvalue weighted by Gasteiger charge is -2.21. The van der Waals surface area contributed by atoms with Crippen LogP contribution in [0.2, 0.25) is 0 Å². The molecule has 37 heavy (non-hydrogen) atoms. The molecule has 0 saturated heterocycles. The molecule has 0 spiro atoms. The molecule has 198 valence electrons. The Kier molecular flexibility index (Phi) is 6.51. The normalized spacial score (nSPS) is 22.4. The van der Waals surface area contributed by atoms with E-state index in [9.17, 15) is 26.9 Å². The van der Waals surface area contributed by atoms with Gasteiger partial charge in [0.15, 0.2) is 15.5 Å². The molecular formula is C25H30N4O6S2. The topological polar surface area (TPSA) is 141 Å². The maximum absolute atomic E-state index is 13.3. The van der Waals surface area contributed by atoms with Crippen molar-refractivity contribution in [3.63, 3.8) is 0 Å².